The summed E-state index contributed by atoms with van der Waals surface area (Å²) < 4.78 is 62.2. The molecule has 8 rings (SSSR count). The molecule has 2 aliphatic rings. The number of halogens is 5. The van der Waals surface area contributed by atoms with Gasteiger partial charge < -0.3 is 34.1 Å². The Balaban J connectivity index is 0.894. The van der Waals surface area contributed by atoms with Crippen LogP contribution in [0.3, 0.4) is 0 Å². The molecule has 6 aromatic rings. The second-order valence-corrected chi connectivity index (χ2v) is 18.2. The number of nitrogens with zero attached hydrogens (tertiary/aromatic N) is 3. The molecular weight excluding hydrogens is 917 g/mol. The lowest BCUT2D eigenvalue weighted by Crippen LogP contribution is -2.61. The number of rotatable bonds is 19. The molecule has 16 heteroatoms. The number of aromatic nitrogens is 1. The van der Waals surface area contributed by atoms with Gasteiger partial charge in [0.2, 0.25) is 5.91 Å². The summed E-state index contributed by atoms with van der Waals surface area (Å²) in [4.78, 5) is 18.8. The molecule has 360 valence electrons. The van der Waals surface area contributed by atoms with E-state index in [1.54, 1.807) is 26.4 Å². The van der Waals surface area contributed by atoms with E-state index in [2.05, 4.69) is 59.5 Å². The fourth-order valence-corrected chi connectivity index (χ4v) is 9.53. The molecule has 2 fully saturated rings. The second kappa shape index (κ2) is 22.3. The van der Waals surface area contributed by atoms with Crippen LogP contribution >= 0.6 is 23.2 Å². The van der Waals surface area contributed by atoms with E-state index in [4.69, 9.17) is 37.4 Å². The number of nitrogens with one attached hydrogen (secondary N) is 3. The monoisotopic (exact) mass is 972 g/mol. The Hall–Kier alpha value is -5.48. The minimum absolute atomic E-state index is 0.0231. The molecule has 11 nitrogen and oxygen atoms in total. The van der Waals surface area contributed by atoms with Crippen molar-refractivity contribution in [2.45, 2.75) is 63.9 Å². The fourth-order valence-electron chi connectivity index (χ4n) is 9.01. The summed E-state index contributed by atoms with van der Waals surface area (Å²) in [5, 5.41) is 12.6. The van der Waals surface area contributed by atoms with Crippen LogP contribution in [-0.2, 0) is 37.6 Å². The maximum atomic E-state index is 14.0. The number of carbonyl (C=O) groups is 1. The van der Waals surface area contributed by atoms with Crippen LogP contribution in [0, 0.1) is 0 Å². The first-order valence-corrected chi connectivity index (χ1v) is 23.7. The number of ether oxygens (including phenoxy) is 4. The van der Waals surface area contributed by atoms with E-state index < -0.39 is 11.9 Å². The Morgan fingerprint density at radius 1 is 0.750 bits per heavy atom. The number of aryl methyl sites for hydroxylation is 1. The summed E-state index contributed by atoms with van der Waals surface area (Å²) in [7, 11) is 3.23. The van der Waals surface area contributed by atoms with Crippen molar-refractivity contribution in [3.63, 3.8) is 0 Å². The van der Waals surface area contributed by atoms with Crippen LogP contribution in [0.15, 0.2) is 109 Å². The van der Waals surface area contributed by atoms with Gasteiger partial charge in [0.1, 0.15) is 35.1 Å². The number of carbonyl (C=O) groups excluding carboxylic acids is 1. The van der Waals surface area contributed by atoms with Crippen molar-refractivity contribution in [3.05, 3.63) is 142 Å². The van der Waals surface area contributed by atoms with Crippen molar-refractivity contribution in [3.8, 4) is 34.1 Å². The highest BCUT2D eigenvalue weighted by atomic mass is 35.5. The number of fused-ring (bicyclic) bond motifs is 1. The van der Waals surface area contributed by atoms with Gasteiger partial charge in [-0.05, 0) is 115 Å². The van der Waals surface area contributed by atoms with Crippen molar-refractivity contribution in [2.75, 3.05) is 60.0 Å². The van der Waals surface area contributed by atoms with Crippen molar-refractivity contribution in [2.24, 2.45) is 0 Å². The van der Waals surface area contributed by atoms with Crippen molar-refractivity contribution in [1.29, 1.82) is 0 Å². The minimum atomic E-state index is -4.78. The molecule has 0 bridgehead atoms. The van der Waals surface area contributed by atoms with Gasteiger partial charge in [0.25, 0.3) is 0 Å². The summed E-state index contributed by atoms with van der Waals surface area (Å²) in [5.41, 5.74) is 5.99. The van der Waals surface area contributed by atoms with E-state index in [-0.39, 0.29) is 11.7 Å². The number of amides is 1. The van der Waals surface area contributed by atoms with Gasteiger partial charge in [-0.15, -0.1) is 13.2 Å². The highest BCUT2D eigenvalue weighted by molar-refractivity contribution is 6.36. The molecule has 0 aliphatic carbocycles. The van der Waals surface area contributed by atoms with Crippen LogP contribution < -0.4 is 34.9 Å². The van der Waals surface area contributed by atoms with Gasteiger partial charge in [-0.25, -0.2) is 0 Å². The molecule has 3 heterocycles. The molecule has 0 atom stereocenters. The SMILES string of the molecule is COc1cc(COc2ccc(CNC3(C(=O)NCCCn4cc(-c5ccc(OC(F)(F)F)cc5)c5cc(CN6CCN(Cc7c(Cl)cccc7Cl)CC6)ccc54)CCNCC3)cc2)cc(OC)c1. The lowest BCUT2D eigenvalue weighted by molar-refractivity contribution is -0.274. The van der Waals surface area contributed by atoms with Gasteiger partial charge in [0, 0.05) is 103 Å². The van der Waals surface area contributed by atoms with E-state index in [1.807, 2.05) is 60.7 Å². The largest absolute Gasteiger partial charge is 0.573 e. The van der Waals surface area contributed by atoms with Crippen molar-refractivity contribution >= 4 is 40.0 Å². The predicted molar refractivity (Wildman–Crippen MR) is 261 cm³/mol. The van der Waals surface area contributed by atoms with Gasteiger partial charge in [0.15, 0.2) is 0 Å². The Kier molecular flexibility index (Phi) is 16.1. The summed E-state index contributed by atoms with van der Waals surface area (Å²) in [5.74, 6) is 1.82. The normalized spacial score (nSPS) is 15.6. The number of hydrogen-bond donors (Lipinski definition) is 3. The smallest absolute Gasteiger partial charge is 0.497 e. The number of benzene rings is 5. The molecule has 0 radical (unpaired) electrons. The summed E-state index contributed by atoms with van der Waals surface area (Å²) in [6.07, 6.45) is -0.764. The van der Waals surface area contributed by atoms with Crippen LogP contribution in [-0.4, -0.2) is 92.2 Å². The lowest BCUT2D eigenvalue weighted by Gasteiger charge is -2.37. The number of methoxy groups -OCH3 is 2. The molecule has 0 unspecified atom stereocenters. The summed E-state index contributed by atoms with van der Waals surface area (Å²) in [6.45, 7) is 8.32. The average Bonchev–Trinajstić information content (AvgIpc) is 3.70. The highest BCUT2D eigenvalue weighted by Crippen LogP contribution is 2.35. The van der Waals surface area contributed by atoms with Crippen molar-refractivity contribution in [1.82, 2.24) is 30.3 Å². The maximum Gasteiger partial charge on any atom is 0.573 e. The molecule has 1 aromatic heterocycles. The molecule has 0 spiro atoms. The number of piperazine rings is 1. The third-order valence-corrected chi connectivity index (χ3v) is 13.5. The molecule has 2 saturated heterocycles. The van der Waals surface area contributed by atoms with E-state index in [0.717, 1.165) is 95.8 Å². The maximum absolute atomic E-state index is 14.0. The number of hydrogen-bond acceptors (Lipinski definition) is 9. The Morgan fingerprint density at radius 3 is 2.03 bits per heavy atom. The zero-order valence-corrected chi connectivity index (χ0v) is 39.8. The zero-order chi connectivity index (χ0) is 47.7. The number of piperidine rings is 1. The predicted octanol–water partition coefficient (Wildman–Crippen LogP) is 9.85. The van der Waals surface area contributed by atoms with Gasteiger partial charge in [0.05, 0.1) is 14.2 Å². The molecule has 5 aromatic carbocycles. The topological polar surface area (TPSA) is 101 Å². The standard InChI is InChI=1S/C52H57Cl2F3N6O5/c1-65-42-27-38(28-43(30-42)66-2)35-67-40-12-7-36(8-13-40)31-60-51(17-20-58-21-18-51)50(64)59-19-4-22-63-34-45(39-10-14-41(15-11-39)68-52(55,56)57)44-29-37(9-16-49(44)63)32-61-23-25-62(26-24-61)33-46-47(53)5-3-6-48(46)54/h3,5-16,27-30,34,58,60H,4,17-26,31-33,35H2,1-2H3,(H,59,64). The van der Waals surface area contributed by atoms with E-state index in [1.165, 1.54) is 12.1 Å². The summed E-state index contributed by atoms with van der Waals surface area (Å²) in [6, 6.07) is 31.6. The Labute approximate surface area is 405 Å². The lowest BCUT2D eigenvalue weighted by atomic mass is 9.87. The number of alkyl halides is 3. The quantitative estimate of drug-likeness (QED) is 0.0686. The van der Waals surface area contributed by atoms with Gasteiger partial charge >= 0.3 is 6.36 Å². The van der Waals surface area contributed by atoms with Gasteiger partial charge in [-0.1, -0.05) is 59.6 Å². The average molecular weight is 974 g/mol. The Bertz CT molecular complexity index is 2590. The third kappa shape index (κ3) is 12.6. The third-order valence-electron chi connectivity index (χ3n) is 12.8. The molecular formula is C52H57Cl2F3N6O5. The first-order chi connectivity index (χ1) is 32.9. The summed E-state index contributed by atoms with van der Waals surface area (Å²) >= 11 is 12.9. The molecule has 2 aliphatic heterocycles. The fraction of sp³-hybridized carbons (Fsp3) is 0.365. The van der Waals surface area contributed by atoms with Crippen LogP contribution in [0.2, 0.25) is 10.0 Å². The molecule has 68 heavy (non-hydrogen) atoms. The molecule has 0 saturated carbocycles. The second-order valence-electron chi connectivity index (χ2n) is 17.4. The van der Waals surface area contributed by atoms with Crippen LogP contribution in [0.25, 0.3) is 22.0 Å². The van der Waals surface area contributed by atoms with E-state index in [9.17, 15) is 18.0 Å². The minimum Gasteiger partial charge on any atom is -0.497 e. The molecule has 3 N–H and O–H groups in total. The zero-order valence-electron chi connectivity index (χ0n) is 38.3. The van der Waals surface area contributed by atoms with E-state index >= 15 is 0 Å². The van der Waals surface area contributed by atoms with E-state index in [0.29, 0.717) is 73.6 Å². The van der Waals surface area contributed by atoms with Crippen LogP contribution in [0.4, 0.5) is 13.2 Å². The molecule has 1 amide bonds. The first-order valence-electron chi connectivity index (χ1n) is 22.9. The van der Waals surface area contributed by atoms with Crippen LogP contribution in [0.5, 0.6) is 23.0 Å². The van der Waals surface area contributed by atoms with Gasteiger partial charge in [-0.3, -0.25) is 19.9 Å². The first kappa shape index (κ1) is 49.0. The van der Waals surface area contributed by atoms with Crippen LogP contribution in [0.1, 0.15) is 41.5 Å². The highest BCUT2D eigenvalue weighted by Gasteiger charge is 2.39. The van der Waals surface area contributed by atoms with Crippen molar-refractivity contribution < 1.29 is 36.9 Å². The Morgan fingerprint density at radius 2 is 1.38 bits per heavy atom. The van der Waals surface area contributed by atoms with Gasteiger partial charge in [-0.2, -0.15) is 0 Å².